The lowest BCUT2D eigenvalue weighted by atomic mass is 10.0. The summed E-state index contributed by atoms with van der Waals surface area (Å²) in [5, 5.41) is 5.37. The van der Waals surface area contributed by atoms with Crippen LogP contribution in [0.25, 0.3) is 16.6 Å². The van der Waals surface area contributed by atoms with Crippen LogP contribution >= 0.6 is 11.3 Å². The first-order valence-electron chi connectivity index (χ1n) is 8.87. The van der Waals surface area contributed by atoms with E-state index in [0.29, 0.717) is 5.69 Å². The highest BCUT2D eigenvalue weighted by Gasteiger charge is 2.17. The van der Waals surface area contributed by atoms with E-state index in [1.807, 2.05) is 35.7 Å². The molecule has 1 N–H and O–H groups in total. The van der Waals surface area contributed by atoms with Crippen LogP contribution in [0.15, 0.2) is 66.1 Å². The molecule has 3 rings (SSSR count). The second-order valence-electron chi connectivity index (χ2n) is 6.17. The van der Waals surface area contributed by atoms with Gasteiger partial charge in [0.25, 0.3) is 0 Å². The molecule has 0 radical (unpaired) electrons. The molecular formula is C22H19FN2O3S. The van der Waals surface area contributed by atoms with Gasteiger partial charge in [0.15, 0.2) is 0 Å². The zero-order valence-corrected chi connectivity index (χ0v) is 16.5. The van der Waals surface area contributed by atoms with Gasteiger partial charge in [-0.2, -0.15) is 0 Å². The number of benzene rings is 2. The maximum Gasteiger partial charge on any atom is 0.307 e. The third-order valence-electron chi connectivity index (χ3n) is 4.14. The van der Waals surface area contributed by atoms with Crippen LogP contribution in [0.3, 0.4) is 0 Å². The van der Waals surface area contributed by atoms with Crippen LogP contribution in [0.1, 0.15) is 23.7 Å². The third kappa shape index (κ3) is 5.83. The van der Waals surface area contributed by atoms with Gasteiger partial charge in [-0.15, -0.1) is 11.3 Å². The fourth-order valence-electron chi connectivity index (χ4n) is 2.66. The molecule has 1 heterocycles. The molecule has 0 fully saturated rings. The van der Waals surface area contributed by atoms with Crippen molar-refractivity contribution >= 4 is 29.3 Å². The Morgan fingerprint density at radius 3 is 2.59 bits per heavy atom. The maximum absolute atomic E-state index is 13.0. The Labute approximate surface area is 171 Å². The summed E-state index contributed by atoms with van der Waals surface area (Å²) < 4.78 is 17.8. The molecule has 0 aliphatic heterocycles. The molecular weight excluding hydrogens is 391 g/mol. The van der Waals surface area contributed by atoms with Crippen LogP contribution in [0, 0.1) is 5.82 Å². The van der Waals surface area contributed by atoms with Crippen molar-refractivity contribution in [2.75, 3.05) is 7.11 Å². The summed E-state index contributed by atoms with van der Waals surface area (Å²) in [4.78, 5) is 28.5. The largest absolute Gasteiger partial charge is 0.469 e. The second-order valence-corrected chi connectivity index (χ2v) is 7.03. The quantitative estimate of drug-likeness (QED) is 0.464. The minimum Gasteiger partial charge on any atom is -0.469 e. The van der Waals surface area contributed by atoms with Crippen molar-refractivity contribution in [1.29, 1.82) is 0 Å². The minimum absolute atomic E-state index is 0.0332. The summed E-state index contributed by atoms with van der Waals surface area (Å²) in [6, 6.07) is 14.8. The van der Waals surface area contributed by atoms with Crippen molar-refractivity contribution in [3.05, 3.63) is 83.1 Å². The van der Waals surface area contributed by atoms with Crippen molar-refractivity contribution in [1.82, 2.24) is 10.3 Å². The summed E-state index contributed by atoms with van der Waals surface area (Å²) in [6.07, 6.45) is 3.00. The molecule has 1 amide bonds. The molecule has 29 heavy (non-hydrogen) atoms. The zero-order chi connectivity index (χ0) is 20.6. The van der Waals surface area contributed by atoms with Crippen molar-refractivity contribution in [2.45, 2.75) is 12.5 Å². The molecule has 0 saturated heterocycles. The summed E-state index contributed by atoms with van der Waals surface area (Å²) in [6.45, 7) is 0. The number of methoxy groups -OCH3 is 1. The predicted molar refractivity (Wildman–Crippen MR) is 111 cm³/mol. The van der Waals surface area contributed by atoms with E-state index in [9.17, 15) is 14.0 Å². The van der Waals surface area contributed by atoms with Crippen LogP contribution in [-0.2, 0) is 14.3 Å². The lowest BCUT2D eigenvalue weighted by molar-refractivity contribution is -0.141. The fraction of sp³-hybridized carbons (Fsp3) is 0.136. The van der Waals surface area contributed by atoms with Gasteiger partial charge < -0.3 is 10.1 Å². The Balaban J connectivity index is 1.67. The van der Waals surface area contributed by atoms with E-state index in [1.54, 1.807) is 18.2 Å². The van der Waals surface area contributed by atoms with Gasteiger partial charge in [0, 0.05) is 17.0 Å². The number of rotatable bonds is 7. The number of hydrogen-bond acceptors (Lipinski definition) is 5. The number of amides is 1. The van der Waals surface area contributed by atoms with Crippen molar-refractivity contribution < 1.29 is 18.7 Å². The minimum atomic E-state index is -0.494. The number of nitrogens with one attached hydrogen (secondary N) is 1. The molecule has 0 saturated carbocycles. The zero-order valence-electron chi connectivity index (χ0n) is 15.7. The number of ether oxygens (including phenoxy) is 1. The number of halogens is 1. The number of thiazole rings is 1. The highest BCUT2D eigenvalue weighted by atomic mass is 32.1. The molecule has 0 aliphatic carbocycles. The Bertz CT molecular complexity index is 1000. The van der Waals surface area contributed by atoms with Gasteiger partial charge in [-0.05, 0) is 35.9 Å². The highest BCUT2D eigenvalue weighted by molar-refractivity contribution is 7.13. The van der Waals surface area contributed by atoms with E-state index in [-0.39, 0.29) is 18.1 Å². The topological polar surface area (TPSA) is 68.3 Å². The van der Waals surface area contributed by atoms with Crippen LogP contribution < -0.4 is 5.32 Å². The van der Waals surface area contributed by atoms with E-state index >= 15 is 0 Å². The summed E-state index contributed by atoms with van der Waals surface area (Å²) in [5.41, 5.74) is 2.24. The molecule has 3 aromatic rings. The molecule has 0 aliphatic rings. The van der Waals surface area contributed by atoms with E-state index in [1.165, 1.54) is 36.7 Å². The first-order chi connectivity index (χ1) is 14.0. The van der Waals surface area contributed by atoms with Crippen LogP contribution in [0.4, 0.5) is 4.39 Å². The average molecular weight is 410 g/mol. The Morgan fingerprint density at radius 1 is 1.17 bits per heavy atom. The molecule has 2 aromatic carbocycles. The molecule has 0 bridgehead atoms. The lowest BCUT2D eigenvalue weighted by Gasteiger charge is -2.17. The Morgan fingerprint density at radius 2 is 1.90 bits per heavy atom. The van der Waals surface area contributed by atoms with Crippen LogP contribution in [0.2, 0.25) is 0 Å². The van der Waals surface area contributed by atoms with E-state index in [4.69, 9.17) is 4.74 Å². The first kappa shape index (κ1) is 20.4. The average Bonchev–Trinajstić information content (AvgIpc) is 3.22. The van der Waals surface area contributed by atoms with Gasteiger partial charge in [-0.3, -0.25) is 9.59 Å². The van der Waals surface area contributed by atoms with E-state index in [2.05, 4.69) is 10.3 Å². The van der Waals surface area contributed by atoms with Crippen LogP contribution in [-0.4, -0.2) is 24.0 Å². The highest BCUT2D eigenvalue weighted by Crippen LogP contribution is 2.24. The molecule has 5 nitrogen and oxygen atoms in total. The first-order valence-corrected chi connectivity index (χ1v) is 9.75. The maximum atomic E-state index is 13.0. The molecule has 1 aromatic heterocycles. The van der Waals surface area contributed by atoms with E-state index in [0.717, 1.165) is 16.1 Å². The summed E-state index contributed by atoms with van der Waals surface area (Å²) in [7, 11) is 1.31. The summed E-state index contributed by atoms with van der Waals surface area (Å²) >= 11 is 1.40. The lowest BCUT2D eigenvalue weighted by Crippen LogP contribution is -2.29. The third-order valence-corrected chi connectivity index (χ3v) is 5.05. The normalized spacial score (nSPS) is 11.9. The fourth-order valence-corrected chi connectivity index (χ4v) is 3.45. The second kappa shape index (κ2) is 9.75. The SMILES string of the molecule is COC(=O)CC(NC(=O)C=Cc1csc(-c2ccc(F)cc2)n1)c1ccccc1. The van der Waals surface area contributed by atoms with Gasteiger partial charge in [0.1, 0.15) is 10.8 Å². The number of carbonyl (C=O) groups excluding carboxylic acids is 2. The molecule has 1 unspecified atom stereocenters. The standard InChI is InChI=1S/C22H19FN2O3S/c1-28-21(27)13-19(15-5-3-2-4-6-15)25-20(26)12-11-18-14-29-22(24-18)16-7-9-17(23)10-8-16/h2-12,14,19H,13H2,1H3,(H,25,26). The molecule has 7 heteroatoms. The molecule has 148 valence electrons. The molecule has 0 spiro atoms. The number of carbonyl (C=O) groups is 2. The van der Waals surface area contributed by atoms with Gasteiger partial charge in [0.05, 0.1) is 25.3 Å². The Hall–Kier alpha value is -3.32. The Kier molecular flexibility index (Phi) is 6.86. The van der Waals surface area contributed by atoms with Gasteiger partial charge in [-0.25, -0.2) is 9.37 Å². The number of esters is 1. The van der Waals surface area contributed by atoms with Crippen molar-refractivity contribution in [3.63, 3.8) is 0 Å². The van der Waals surface area contributed by atoms with Crippen molar-refractivity contribution in [3.8, 4) is 10.6 Å². The van der Waals surface area contributed by atoms with Gasteiger partial charge >= 0.3 is 5.97 Å². The number of aromatic nitrogens is 1. The predicted octanol–water partition coefficient (Wildman–Crippen LogP) is 4.38. The monoisotopic (exact) mass is 410 g/mol. The molecule has 1 atom stereocenters. The van der Waals surface area contributed by atoms with Gasteiger partial charge in [0.2, 0.25) is 5.91 Å². The van der Waals surface area contributed by atoms with Gasteiger partial charge in [-0.1, -0.05) is 30.3 Å². The van der Waals surface area contributed by atoms with E-state index < -0.39 is 12.0 Å². The number of hydrogen-bond donors (Lipinski definition) is 1. The number of nitrogens with zero attached hydrogens (tertiary/aromatic N) is 1. The van der Waals surface area contributed by atoms with Crippen LogP contribution in [0.5, 0.6) is 0 Å². The summed E-state index contributed by atoms with van der Waals surface area (Å²) in [5.74, 6) is -1.06. The van der Waals surface area contributed by atoms with Crippen molar-refractivity contribution in [2.24, 2.45) is 0 Å². The smallest absolute Gasteiger partial charge is 0.307 e.